The number of nitrogens with zero attached hydrogens (tertiary/aromatic N) is 4. The molecule has 0 atom stereocenters. The van der Waals surface area contributed by atoms with Gasteiger partial charge in [-0.15, -0.1) is 0 Å². The third kappa shape index (κ3) is 21.3. The Bertz CT molecular complexity index is 170. The minimum Gasteiger partial charge on any atom is -0.344 e. The standard InChI is InChI=1S/C12H24.HN5.4H3N/c1-2-4-6-8-10-12-11-9-7-5-3-1;1-2-4-5-3-1;;;;/h1-12H2;(H,1,2,3,4,5);4*1H3. The van der Waals surface area contributed by atoms with Crippen LogP contribution in [0.5, 0.6) is 0 Å². The Labute approximate surface area is 128 Å². The zero-order chi connectivity index (χ0) is 12.0. The van der Waals surface area contributed by atoms with Crippen LogP contribution in [0.2, 0.25) is 0 Å². The van der Waals surface area contributed by atoms with Crippen LogP contribution in [-0.4, -0.2) is 26.1 Å². The zero-order valence-corrected chi connectivity index (χ0v) is 13.6. The van der Waals surface area contributed by atoms with E-state index in [4.69, 9.17) is 0 Å². The van der Waals surface area contributed by atoms with Gasteiger partial charge >= 0.3 is 0 Å². The van der Waals surface area contributed by atoms with Gasteiger partial charge in [-0.2, -0.15) is 5.21 Å². The van der Waals surface area contributed by atoms with Crippen LogP contribution in [0, 0.1) is 0 Å². The van der Waals surface area contributed by atoms with E-state index in [9.17, 15) is 0 Å². The Hall–Kier alpha value is -1.16. The smallest absolute Gasteiger partial charge is 0.00217 e. The molecule has 0 spiro atoms. The van der Waals surface area contributed by atoms with Crippen LogP contribution in [0.25, 0.3) is 0 Å². The Balaban J connectivity index is -0.000000140. The molecule has 0 aliphatic heterocycles. The van der Waals surface area contributed by atoms with Crippen molar-refractivity contribution >= 4 is 0 Å². The SMILES string of the molecule is C1CCCCCCCCCCC1.N.N.N.N.n1nn[nH]n1. The van der Waals surface area contributed by atoms with Gasteiger partial charge in [-0.05, 0) is 20.9 Å². The summed E-state index contributed by atoms with van der Waals surface area (Å²) in [5.74, 6) is 0. The van der Waals surface area contributed by atoms with Crippen LogP contribution in [-0.2, 0) is 0 Å². The highest BCUT2D eigenvalue weighted by atomic mass is 15.6. The van der Waals surface area contributed by atoms with Crippen molar-refractivity contribution in [1.82, 2.24) is 50.7 Å². The highest BCUT2D eigenvalue weighted by molar-refractivity contribution is 4.51. The minimum atomic E-state index is 0. The summed E-state index contributed by atoms with van der Waals surface area (Å²) >= 11 is 0. The van der Waals surface area contributed by atoms with Crippen molar-refractivity contribution < 1.29 is 0 Å². The normalized spacial score (nSPS) is 15.6. The summed E-state index contributed by atoms with van der Waals surface area (Å²) in [5, 5.41) is 14.5. The highest BCUT2D eigenvalue weighted by Gasteiger charge is 1.96. The molecule has 1 aliphatic rings. The van der Waals surface area contributed by atoms with E-state index in [0.29, 0.717) is 0 Å². The van der Waals surface area contributed by atoms with Crippen LogP contribution in [0.15, 0.2) is 0 Å². The van der Waals surface area contributed by atoms with Crippen LogP contribution in [0.3, 0.4) is 0 Å². The van der Waals surface area contributed by atoms with E-state index in [1.165, 1.54) is 77.0 Å². The molecule has 1 saturated carbocycles. The van der Waals surface area contributed by atoms with Gasteiger partial charge in [-0.3, -0.25) is 0 Å². The molecule has 0 unspecified atom stereocenters. The molecule has 0 aromatic carbocycles. The van der Waals surface area contributed by atoms with Gasteiger partial charge in [0.1, 0.15) is 0 Å². The minimum absolute atomic E-state index is 0. The van der Waals surface area contributed by atoms with E-state index < -0.39 is 0 Å². The number of hydrogen-bond acceptors (Lipinski definition) is 8. The largest absolute Gasteiger partial charge is 0.344 e. The molecule has 0 bridgehead atoms. The molecule has 13 N–H and O–H groups in total. The van der Waals surface area contributed by atoms with Crippen molar-refractivity contribution in [1.29, 1.82) is 0 Å². The van der Waals surface area contributed by atoms with Gasteiger partial charge in [0.15, 0.2) is 0 Å². The van der Waals surface area contributed by atoms with Gasteiger partial charge in [0.05, 0.1) is 0 Å². The second kappa shape index (κ2) is 23.9. The predicted octanol–water partition coefficient (Wildman–Crippen LogP) is 3.92. The predicted molar refractivity (Wildman–Crippen MR) is 87.5 cm³/mol. The summed E-state index contributed by atoms with van der Waals surface area (Å²) in [6.07, 6.45) is 18.0. The number of rotatable bonds is 0. The first kappa shape index (κ1) is 28.1. The molecule has 130 valence electrons. The number of aromatic amines is 1. The number of nitrogens with one attached hydrogen (secondary N) is 1. The topological polar surface area (TPSA) is 207 Å². The molecule has 1 fully saturated rings. The summed E-state index contributed by atoms with van der Waals surface area (Å²) in [6, 6.07) is 0. The maximum absolute atomic E-state index is 3.12. The Morgan fingerprint density at radius 1 is 0.381 bits per heavy atom. The quantitative estimate of drug-likeness (QED) is 0.472. The maximum Gasteiger partial charge on any atom is -0.00217 e. The molecule has 1 aromatic heterocycles. The Kier molecular flexibility index (Phi) is 31.9. The van der Waals surface area contributed by atoms with Gasteiger partial charge in [0, 0.05) is 0 Å². The summed E-state index contributed by atoms with van der Waals surface area (Å²) in [4.78, 5) is 0. The molecule has 21 heavy (non-hydrogen) atoms. The number of hydrogen-bond donors (Lipinski definition) is 5. The summed E-state index contributed by atoms with van der Waals surface area (Å²) in [7, 11) is 0. The summed E-state index contributed by atoms with van der Waals surface area (Å²) in [6.45, 7) is 0. The molecule has 1 heterocycles. The van der Waals surface area contributed by atoms with E-state index in [1.807, 2.05) is 0 Å². The second-order valence-corrected chi connectivity index (χ2v) is 4.72. The van der Waals surface area contributed by atoms with Crippen molar-refractivity contribution in [3.05, 3.63) is 0 Å². The molecule has 0 saturated heterocycles. The third-order valence-electron chi connectivity index (χ3n) is 3.22. The monoisotopic (exact) mass is 307 g/mol. The van der Waals surface area contributed by atoms with Crippen LogP contribution in [0.4, 0.5) is 0 Å². The van der Waals surface area contributed by atoms with Gasteiger partial charge in [-0.1, -0.05) is 77.0 Å². The summed E-state index contributed by atoms with van der Waals surface area (Å²) < 4.78 is 0. The zero-order valence-electron chi connectivity index (χ0n) is 13.6. The lowest BCUT2D eigenvalue weighted by Crippen LogP contribution is -1.85. The first-order valence-electron chi connectivity index (χ1n) is 7.05. The van der Waals surface area contributed by atoms with Gasteiger partial charge < -0.3 is 24.6 Å². The van der Waals surface area contributed by atoms with E-state index in [2.05, 4.69) is 26.1 Å². The molecule has 9 nitrogen and oxygen atoms in total. The molecule has 2 rings (SSSR count). The lowest BCUT2D eigenvalue weighted by atomic mass is 10.0. The fourth-order valence-electron chi connectivity index (χ4n) is 2.22. The van der Waals surface area contributed by atoms with Crippen molar-refractivity contribution in [2.75, 3.05) is 0 Å². The van der Waals surface area contributed by atoms with Crippen LogP contribution < -0.4 is 24.6 Å². The molecular weight excluding hydrogens is 270 g/mol. The lowest BCUT2D eigenvalue weighted by Gasteiger charge is -2.05. The number of aromatic nitrogens is 5. The first-order valence-corrected chi connectivity index (χ1v) is 7.05. The molecule has 0 radical (unpaired) electrons. The summed E-state index contributed by atoms with van der Waals surface area (Å²) in [5.41, 5.74) is 0. The second-order valence-electron chi connectivity index (χ2n) is 4.72. The molecule has 0 amide bonds. The molecule has 1 aromatic rings. The van der Waals surface area contributed by atoms with E-state index >= 15 is 0 Å². The van der Waals surface area contributed by atoms with E-state index in [1.54, 1.807) is 0 Å². The average molecular weight is 307 g/mol. The maximum atomic E-state index is 3.12. The van der Waals surface area contributed by atoms with Crippen LogP contribution >= 0.6 is 0 Å². The van der Waals surface area contributed by atoms with Crippen molar-refractivity contribution in [3.63, 3.8) is 0 Å². The van der Waals surface area contributed by atoms with Gasteiger partial charge in [0.25, 0.3) is 0 Å². The van der Waals surface area contributed by atoms with Crippen molar-refractivity contribution in [3.8, 4) is 0 Å². The van der Waals surface area contributed by atoms with Crippen LogP contribution in [0.1, 0.15) is 77.0 Å². The van der Waals surface area contributed by atoms with Gasteiger partial charge in [0.2, 0.25) is 0 Å². The molecular formula is C12H37N9. The van der Waals surface area contributed by atoms with Gasteiger partial charge in [-0.25, -0.2) is 0 Å². The fraction of sp³-hybridized carbons (Fsp3) is 1.00. The Morgan fingerprint density at radius 2 is 0.571 bits per heavy atom. The van der Waals surface area contributed by atoms with Crippen molar-refractivity contribution in [2.24, 2.45) is 0 Å². The highest BCUT2D eigenvalue weighted by Crippen LogP contribution is 2.15. The first-order chi connectivity index (χ1) is 8.50. The Morgan fingerprint density at radius 3 is 0.667 bits per heavy atom. The number of H-pyrrole nitrogens is 1. The molecule has 9 heteroatoms. The third-order valence-corrected chi connectivity index (χ3v) is 3.22. The van der Waals surface area contributed by atoms with Crippen molar-refractivity contribution in [2.45, 2.75) is 77.0 Å². The van der Waals surface area contributed by atoms with E-state index in [0.717, 1.165) is 0 Å². The average Bonchev–Trinajstić information content (AvgIpc) is 2.88. The molecule has 1 aliphatic carbocycles. The fourth-order valence-corrected chi connectivity index (χ4v) is 2.22. The lowest BCUT2D eigenvalue weighted by molar-refractivity contribution is 0.504. The van der Waals surface area contributed by atoms with E-state index in [-0.39, 0.29) is 24.6 Å².